The quantitative estimate of drug-likeness (QED) is 0.796. The number of carbonyl (C=O) groups is 1. The van der Waals surface area contributed by atoms with Crippen LogP contribution in [0.1, 0.15) is 15.9 Å². The summed E-state index contributed by atoms with van der Waals surface area (Å²) in [4.78, 5) is 12.0. The van der Waals surface area contributed by atoms with Crippen molar-refractivity contribution < 1.29 is 4.79 Å². The number of halogens is 2. The number of aryl methyl sites for hydroxylation is 1. The molecule has 0 atom stereocenters. The standard InChI is InChI=1S/C15H12Cl2N2OS/c1-9-2-4-13(5-3-9)18-15(21)19-14(20)10-6-11(16)8-12(17)7-10/h2-8H,1H3,(H2,18,19,20,21). The molecule has 0 fully saturated rings. The number of hydrogen-bond donors (Lipinski definition) is 2. The highest BCUT2D eigenvalue weighted by molar-refractivity contribution is 7.80. The highest BCUT2D eigenvalue weighted by Gasteiger charge is 2.09. The van der Waals surface area contributed by atoms with Crippen LogP contribution in [0.2, 0.25) is 10.0 Å². The summed E-state index contributed by atoms with van der Waals surface area (Å²) in [6.07, 6.45) is 0. The first-order valence-electron chi connectivity index (χ1n) is 6.09. The summed E-state index contributed by atoms with van der Waals surface area (Å²) in [5, 5.41) is 6.51. The van der Waals surface area contributed by atoms with E-state index in [4.69, 9.17) is 35.4 Å². The Balaban J connectivity index is 2.01. The molecular weight excluding hydrogens is 327 g/mol. The van der Waals surface area contributed by atoms with Crippen molar-refractivity contribution in [2.75, 3.05) is 5.32 Å². The smallest absolute Gasteiger partial charge is 0.257 e. The maximum Gasteiger partial charge on any atom is 0.257 e. The third-order valence-corrected chi connectivity index (χ3v) is 3.30. The lowest BCUT2D eigenvalue weighted by Crippen LogP contribution is -2.34. The van der Waals surface area contributed by atoms with Gasteiger partial charge in [0.15, 0.2) is 5.11 Å². The number of nitrogens with one attached hydrogen (secondary N) is 2. The van der Waals surface area contributed by atoms with Crippen LogP contribution >= 0.6 is 35.4 Å². The molecule has 108 valence electrons. The van der Waals surface area contributed by atoms with Gasteiger partial charge in [-0.05, 0) is 49.5 Å². The van der Waals surface area contributed by atoms with Crippen molar-refractivity contribution in [1.82, 2.24) is 5.32 Å². The summed E-state index contributed by atoms with van der Waals surface area (Å²) in [7, 11) is 0. The van der Waals surface area contributed by atoms with Crippen molar-refractivity contribution in [3.8, 4) is 0 Å². The molecule has 2 aromatic rings. The zero-order valence-corrected chi connectivity index (χ0v) is 13.4. The molecule has 0 spiro atoms. The van der Waals surface area contributed by atoms with Crippen LogP contribution in [0.15, 0.2) is 42.5 Å². The molecule has 2 rings (SSSR count). The largest absolute Gasteiger partial charge is 0.332 e. The van der Waals surface area contributed by atoms with Crippen LogP contribution in [0.5, 0.6) is 0 Å². The Labute approximate surface area is 138 Å². The molecule has 1 amide bonds. The Morgan fingerprint density at radius 3 is 2.19 bits per heavy atom. The van der Waals surface area contributed by atoms with Gasteiger partial charge in [-0.25, -0.2) is 0 Å². The number of rotatable bonds is 2. The van der Waals surface area contributed by atoms with Crippen molar-refractivity contribution in [3.05, 3.63) is 63.6 Å². The molecule has 0 aliphatic heterocycles. The summed E-state index contributed by atoms with van der Waals surface area (Å²) in [6.45, 7) is 1.99. The Morgan fingerprint density at radius 1 is 1.05 bits per heavy atom. The molecule has 0 saturated carbocycles. The fourth-order valence-electron chi connectivity index (χ4n) is 1.66. The third-order valence-electron chi connectivity index (χ3n) is 2.66. The van der Waals surface area contributed by atoms with Gasteiger partial charge in [-0.3, -0.25) is 10.1 Å². The normalized spacial score (nSPS) is 10.0. The second kappa shape index (κ2) is 6.89. The molecule has 0 heterocycles. The lowest BCUT2D eigenvalue weighted by molar-refractivity contribution is 0.0977. The fraction of sp³-hybridized carbons (Fsp3) is 0.0667. The molecular formula is C15H12Cl2N2OS. The molecule has 6 heteroatoms. The average molecular weight is 339 g/mol. The zero-order valence-electron chi connectivity index (χ0n) is 11.1. The fourth-order valence-corrected chi connectivity index (χ4v) is 2.40. The predicted octanol–water partition coefficient (Wildman–Crippen LogP) is 4.43. The number of anilines is 1. The van der Waals surface area contributed by atoms with Crippen LogP contribution in [0.4, 0.5) is 5.69 Å². The van der Waals surface area contributed by atoms with Gasteiger partial charge in [0, 0.05) is 21.3 Å². The van der Waals surface area contributed by atoms with E-state index in [0.717, 1.165) is 11.3 Å². The maximum absolute atomic E-state index is 12.0. The van der Waals surface area contributed by atoms with E-state index in [-0.39, 0.29) is 11.0 Å². The van der Waals surface area contributed by atoms with Gasteiger partial charge in [0.1, 0.15) is 0 Å². The number of hydrogen-bond acceptors (Lipinski definition) is 2. The maximum atomic E-state index is 12.0. The summed E-state index contributed by atoms with van der Waals surface area (Å²) in [5.74, 6) is -0.371. The summed E-state index contributed by atoms with van der Waals surface area (Å²) < 4.78 is 0. The van der Waals surface area contributed by atoms with Crippen LogP contribution in [-0.4, -0.2) is 11.0 Å². The second-order valence-corrected chi connectivity index (χ2v) is 5.71. The van der Waals surface area contributed by atoms with Crippen LogP contribution in [0.3, 0.4) is 0 Å². The molecule has 0 bridgehead atoms. The average Bonchev–Trinajstić information content (AvgIpc) is 2.40. The van der Waals surface area contributed by atoms with E-state index in [0.29, 0.717) is 15.6 Å². The summed E-state index contributed by atoms with van der Waals surface area (Å²) in [6, 6.07) is 12.3. The van der Waals surface area contributed by atoms with E-state index < -0.39 is 0 Å². The first kappa shape index (κ1) is 15.8. The summed E-state index contributed by atoms with van der Waals surface area (Å²) >= 11 is 16.8. The molecule has 0 aromatic heterocycles. The predicted molar refractivity (Wildman–Crippen MR) is 91.3 cm³/mol. The van der Waals surface area contributed by atoms with Gasteiger partial charge in [-0.15, -0.1) is 0 Å². The third kappa shape index (κ3) is 4.70. The topological polar surface area (TPSA) is 41.1 Å². The highest BCUT2D eigenvalue weighted by Crippen LogP contribution is 2.19. The lowest BCUT2D eigenvalue weighted by atomic mass is 10.2. The minimum atomic E-state index is -0.371. The Kier molecular flexibility index (Phi) is 5.17. The summed E-state index contributed by atoms with van der Waals surface area (Å²) in [5.41, 5.74) is 2.29. The minimum Gasteiger partial charge on any atom is -0.332 e. The zero-order chi connectivity index (χ0) is 15.4. The molecule has 2 aromatic carbocycles. The van der Waals surface area contributed by atoms with Crippen molar-refractivity contribution in [1.29, 1.82) is 0 Å². The van der Waals surface area contributed by atoms with Gasteiger partial charge in [-0.2, -0.15) is 0 Å². The van der Waals surface area contributed by atoms with Crippen LogP contribution in [-0.2, 0) is 0 Å². The van der Waals surface area contributed by atoms with Gasteiger partial charge >= 0.3 is 0 Å². The van der Waals surface area contributed by atoms with Gasteiger partial charge in [-0.1, -0.05) is 40.9 Å². The molecule has 0 aliphatic rings. The first-order chi connectivity index (χ1) is 9.94. The Bertz CT molecular complexity index is 666. The number of benzene rings is 2. The van der Waals surface area contributed by atoms with Crippen molar-refractivity contribution in [3.63, 3.8) is 0 Å². The molecule has 0 unspecified atom stereocenters. The van der Waals surface area contributed by atoms with Gasteiger partial charge in [0.05, 0.1) is 0 Å². The first-order valence-corrected chi connectivity index (χ1v) is 7.25. The Hall–Kier alpha value is -1.62. The van der Waals surface area contributed by atoms with Crippen molar-refractivity contribution in [2.24, 2.45) is 0 Å². The van der Waals surface area contributed by atoms with Gasteiger partial charge < -0.3 is 5.32 Å². The highest BCUT2D eigenvalue weighted by atomic mass is 35.5. The monoisotopic (exact) mass is 338 g/mol. The minimum absolute atomic E-state index is 0.208. The van der Waals surface area contributed by atoms with E-state index in [9.17, 15) is 4.79 Å². The molecule has 2 N–H and O–H groups in total. The molecule has 21 heavy (non-hydrogen) atoms. The number of thiocarbonyl (C=S) groups is 1. The van der Waals surface area contributed by atoms with E-state index in [2.05, 4.69) is 10.6 Å². The molecule has 0 saturated heterocycles. The van der Waals surface area contributed by atoms with Crippen LogP contribution in [0.25, 0.3) is 0 Å². The Morgan fingerprint density at radius 2 is 1.62 bits per heavy atom. The van der Waals surface area contributed by atoms with E-state index in [1.807, 2.05) is 31.2 Å². The SMILES string of the molecule is Cc1ccc(NC(=S)NC(=O)c2cc(Cl)cc(Cl)c2)cc1. The van der Waals surface area contributed by atoms with Crippen LogP contribution in [0, 0.1) is 6.92 Å². The van der Waals surface area contributed by atoms with Gasteiger partial charge in [0.2, 0.25) is 0 Å². The van der Waals surface area contributed by atoms with Gasteiger partial charge in [0.25, 0.3) is 5.91 Å². The second-order valence-electron chi connectivity index (χ2n) is 4.43. The van der Waals surface area contributed by atoms with Crippen LogP contribution < -0.4 is 10.6 Å². The molecule has 0 aliphatic carbocycles. The van der Waals surface area contributed by atoms with E-state index in [1.165, 1.54) is 12.1 Å². The molecule has 0 radical (unpaired) electrons. The van der Waals surface area contributed by atoms with Crippen molar-refractivity contribution >= 4 is 52.1 Å². The molecule has 3 nitrogen and oxygen atoms in total. The lowest BCUT2D eigenvalue weighted by Gasteiger charge is -2.10. The number of carbonyl (C=O) groups excluding carboxylic acids is 1. The number of amides is 1. The van der Waals surface area contributed by atoms with E-state index in [1.54, 1.807) is 6.07 Å². The van der Waals surface area contributed by atoms with Crippen molar-refractivity contribution in [2.45, 2.75) is 6.92 Å². The van der Waals surface area contributed by atoms with E-state index >= 15 is 0 Å².